The highest BCUT2D eigenvalue weighted by Crippen LogP contribution is 2.49. The molecule has 130 valence electrons. The molecule has 0 aromatic heterocycles. The van der Waals surface area contributed by atoms with Crippen LogP contribution in [-0.4, -0.2) is 18.1 Å². The smallest absolute Gasteiger partial charge is 0.251 e. The Bertz CT molecular complexity index is 576. The van der Waals surface area contributed by atoms with E-state index in [1.807, 2.05) is 24.3 Å². The van der Waals surface area contributed by atoms with Crippen LogP contribution in [0.5, 0.6) is 5.75 Å². The van der Waals surface area contributed by atoms with Crippen LogP contribution in [0, 0.1) is 17.8 Å². The van der Waals surface area contributed by atoms with Gasteiger partial charge in [0.05, 0.1) is 6.10 Å². The van der Waals surface area contributed by atoms with Crippen LogP contribution in [0.2, 0.25) is 0 Å². The van der Waals surface area contributed by atoms with E-state index in [1.54, 1.807) is 0 Å². The molecule has 3 saturated carbocycles. The second-order valence-corrected chi connectivity index (χ2v) is 8.15. The number of hydrogen-bond donors (Lipinski definition) is 1. The Morgan fingerprint density at radius 1 is 1.08 bits per heavy atom. The van der Waals surface area contributed by atoms with Crippen LogP contribution in [0.15, 0.2) is 24.3 Å². The molecule has 0 unspecified atom stereocenters. The number of hydrogen-bond acceptors (Lipinski definition) is 2. The van der Waals surface area contributed by atoms with E-state index in [0.717, 1.165) is 36.0 Å². The third kappa shape index (κ3) is 3.31. The number of carbonyl (C=O) groups excluding carboxylic acids is 1. The Balaban J connectivity index is 1.32. The highest BCUT2D eigenvalue weighted by molar-refractivity contribution is 5.94. The van der Waals surface area contributed by atoms with Gasteiger partial charge in [0.2, 0.25) is 0 Å². The number of rotatable bonds is 5. The van der Waals surface area contributed by atoms with Crippen molar-refractivity contribution >= 4 is 5.91 Å². The van der Waals surface area contributed by atoms with E-state index in [4.69, 9.17) is 4.74 Å². The lowest BCUT2D eigenvalue weighted by Crippen LogP contribution is -2.40. The zero-order valence-corrected chi connectivity index (χ0v) is 14.7. The minimum atomic E-state index is 0.0534. The lowest BCUT2D eigenvalue weighted by atomic mass is 9.84. The van der Waals surface area contributed by atoms with Crippen molar-refractivity contribution in [3.05, 3.63) is 29.8 Å². The molecule has 24 heavy (non-hydrogen) atoms. The molecule has 4 rings (SSSR count). The summed E-state index contributed by atoms with van der Waals surface area (Å²) in [5.41, 5.74) is 0.740. The number of amides is 1. The average molecular weight is 327 g/mol. The molecule has 0 saturated heterocycles. The molecule has 3 fully saturated rings. The Kier molecular flexibility index (Phi) is 4.51. The van der Waals surface area contributed by atoms with Crippen molar-refractivity contribution in [2.45, 2.75) is 70.4 Å². The first-order chi connectivity index (χ1) is 11.7. The molecule has 1 aromatic carbocycles. The van der Waals surface area contributed by atoms with Gasteiger partial charge in [-0.3, -0.25) is 4.79 Å². The number of benzene rings is 1. The predicted octanol–water partition coefficient (Wildman–Crippen LogP) is 4.56. The maximum atomic E-state index is 12.5. The summed E-state index contributed by atoms with van der Waals surface area (Å²) < 4.78 is 5.97. The summed E-state index contributed by atoms with van der Waals surface area (Å²) in [4.78, 5) is 12.5. The van der Waals surface area contributed by atoms with Crippen LogP contribution in [0.25, 0.3) is 0 Å². The molecular weight excluding hydrogens is 298 g/mol. The quantitative estimate of drug-likeness (QED) is 0.861. The molecule has 0 spiro atoms. The summed E-state index contributed by atoms with van der Waals surface area (Å²) in [7, 11) is 0. The van der Waals surface area contributed by atoms with Crippen molar-refractivity contribution in [1.82, 2.24) is 5.32 Å². The van der Waals surface area contributed by atoms with Gasteiger partial charge in [-0.1, -0.05) is 6.42 Å². The molecule has 3 aliphatic rings. The van der Waals surface area contributed by atoms with Gasteiger partial charge in [-0.15, -0.1) is 0 Å². The zero-order valence-electron chi connectivity index (χ0n) is 14.7. The van der Waals surface area contributed by atoms with Crippen LogP contribution < -0.4 is 10.1 Å². The first-order valence-corrected chi connectivity index (χ1v) is 9.76. The van der Waals surface area contributed by atoms with E-state index < -0.39 is 0 Å². The Morgan fingerprint density at radius 2 is 1.83 bits per heavy atom. The van der Waals surface area contributed by atoms with Crippen LogP contribution in [0.4, 0.5) is 0 Å². The maximum absolute atomic E-state index is 12.5. The molecule has 1 aromatic rings. The summed E-state index contributed by atoms with van der Waals surface area (Å²) in [6.07, 6.45) is 10.7. The largest absolute Gasteiger partial charge is 0.490 e. The standard InChI is InChI=1S/C21H29NO2/c1-14(20-13-15-6-7-17(20)12-15)22-21(23)16-8-10-19(11-9-16)24-18-4-2-3-5-18/h8-11,14-15,17-18,20H,2-7,12-13H2,1H3,(H,22,23)/t14-,15+,17+,20+/m0/s1. The highest BCUT2D eigenvalue weighted by Gasteiger charge is 2.42. The Hall–Kier alpha value is -1.51. The molecule has 1 amide bonds. The minimum Gasteiger partial charge on any atom is -0.490 e. The second-order valence-electron chi connectivity index (χ2n) is 8.15. The van der Waals surface area contributed by atoms with E-state index in [2.05, 4.69) is 12.2 Å². The zero-order chi connectivity index (χ0) is 16.5. The van der Waals surface area contributed by atoms with Gasteiger partial charge in [-0.2, -0.15) is 0 Å². The van der Waals surface area contributed by atoms with Gasteiger partial charge in [0.15, 0.2) is 0 Å². The van der Waals surface area contributed by atoms with Gasteiger partial charge in [-0.05, 0) is 93.9 Å². The van der Waals surface area contributed by atoms with Crippen LogP contribution >= 0.6 is 0 Å². The molecule has 3 aliphatic carbocycles. The number of ether oxygens (including phenoxy) is 1. The Morgan fingerprint density at radius 3 is 2.46 bits per heavy atom. The maximum Gasteiger partial charge on any atom is 0.251 e. The molecule has 0 aliphatic heterocycles. The van der Waals surface area contributed by atoms with E-state index >= 15 is 0 Å². The van der Waals surface area contributed by atoms with E-state index in [9.17, 15) is 4.79 Å². The highest BCUT2D eigenvalue weighted by atomic mass is 16.5. The summed E-state index contributed by atoms with van der Waals surface area (Å²) in [6, 6.07) is 7.95. The summed E-state index contributed by atoms with van der Waals surface area (Å²) >= 11 is 0. The fraction of sp³-hybridized carbons (Fsp3) is 0.667. The molecule has 3 heteroatoms. The molecule has 4 atom stereocenters. The van der Waals surface area contributed by atoms with E-state index in [-0.39, 0.29) is 11.9 Å². The van der Waals surface area contributed by atoms with Gasteiger partial charge >= 0.3 is 0 Å². The number of fused-ring (bicyclic) bond motifs is 2. The SMILES string of the molecule is C[C@H](NC(=O)c1ccc(OC2CCCC2)cc1)[C@H]1C[C@@H]2CC[C@@H]1C2. The summed E-state index contributed by atoms with van der Waals surface area (Å²) in [5.74, 6) is 3.38. The molecule has 3 nitrogen and oxygen atoms in total. The summed E-state index contributed by atoms with van der Waals surface area (Å²) in [6.45, 7) is 2.18. The van der Waals surface area contributed by atoms with Crippen molar-refractivity contribution in [2.75, 3.05) is 0 Å². The lowest BCUT2D eigenvalue weighted by molar-refractivity contribution is 0.0915. The minimum absolute atomic E-state index is 0.0534. The van der Waals surface area contributed by atoms with Crippen molar-refractivity contribution in [3.63, 3.8) is 0 Å². The monoisotopic (exact) mass is 327 g/mol. The van der Waals surface area contributed by atoms with Crippen molar-refractivity contribution in [1.29, 1.82) is 0 Å². The Labute approximate surface area is 145 Å². The topological polar surface area (TPSA) is 38.3 Å². The third-order valence-corrected chi connectivity index (χ3v) is 6.52. The van der Waals surface area contributed by atoms with Crippen LogP contribution in [-0.2, 0) is 0 Å². The molecule has 2 bridgehead atoms. The fourth-order valence-corrected chi connectivity index (χ4v) is 5.19. The van der Waals surface area contributed by atoms with Crippen molar-refractivity contribution < 1.29 is 9.53 Å². The third-order valence-electron chi connectivity index (χ3n) is 6.52. The van der Waals surface area contributed by atoms with E-state index in [1.165, 1.54) is 38.5 Å². The van der Waals surface area contributed by atoms with Crippen molar-refractivity contribution in [2.24, 2.45) is 17.8 Å². The number of nitrogens with one attached hydrogen (secondary N) is 1. The van der Waals surface area contributed by atoms with Gasteiger partial charge in [0.25, 0.3) is 5.91 Å². The second kappa shape index (κ2) is 6.78. The van der Waals surface area contributed by atoms with Crippen molar-refractivity contribution in [3.8, 4) is 5.75 Å². The van der Waals surface area contributed by atoms with Gasteiger partial charge in [-0.25, -0.2) is 0 Å². The van der Waals surface area contributed by atoms with Crippen LogP contribution in [0.1, 0.15) is 68.6 Å². The lowest BCUT2D eigenvalue weighted by Gasteiger charge is -2.28. The fourth-order valence-electron chi connectivity index (χ4n) is 5.19. The molecule has 1 N–H and O–H groups in total. The average Bonchev–Trinajstić information content (AvgIpc) is 3.33. The normalized spacial score (nSPS) is 30.5. The summed E-state index contributed by atoms with van der Waals surface area (Å²) in [5, 5.41) is 3.24. The molecular formula is C21H29NO2. The van der Waals surface area contributed by atoms with Crippen LogP contribution in [0.3, 0.4) is 0 Å². The molecule has 0 heterocycles. The van der Waals surface area contributed by atoms with Gasteiger partial charge in [0, 0.05) is 11.6 Å². The predicted molar refractivity (Wildman–Crippen MR) is 95.2 cm³/mol. The first kappa shape index (κ1) is 16.0. The van der Waals surface area contributed by atoms with Gasteiger partial charge in [0.1, 0.15) is 5.75 Å². The molecule has 0 radical (unpaired) electrons. The van der Waals surface area contributed by atoms with E-state index in [0.29, 0.717) is 12.0 Å². The van der Waals surface area contributed by atoms with Gasteiger partial charge < -0.3 is 10.1 Å². The first-order valence-electron chi connectivity index (χ1n) is 9.76. The number of carbonyl (C=O) groups is 1.